The van der Waals surface area contributed by atoms with Gasteiger partial charge in [0.05, 0.1) is 25.3 Å². The zero-order valence-corrected chi connectivity index (χ0v) is 21.6. The number of hydrogen-bond donors (Lipinski definition) is 1. The summed E-state index contributed by atoms with van der Waals surface area (Å²) in [5.41, 5.74) is 2.09. The first-order valence-electron chi connectivity index (χ1n) is 12.5. The molecule has 0 radical (unpaired) electrons. The average molecular weight is 514 g/mol. The van der Waals surface area contributed by atoms with Crippen molar-refractivity contribution in [1.29, 1.82) is 0 Å². The van der Waals surface area contributed by atoms with E-state index < -0.39 is 17.7 Å². The number of rotatable bonds is 11. The molecule has 0 saturated carbocycles. The maximum atomic E-state index is 13.4. The number of methoxy groups -OCH3 is 1. The van der Waals surface area contributed by atoms with Gasteiger partial charge in [-0.25, -0.2) is 0 Å². The van der Waals surface area contributed by atoms with E-state index in [0.717, 1.165) is 5.56 Å². The molecule has 196 valence electrons. The van der Waals surface area contributed by atoms with Gasteiger partial charge in [0, 0.05) is 12.1 Å². The second kappa shape index (κ2) is 12.1. The molecule has 3 aromatic rings. The Morgan fingerprint density at radius 2 is 1.74 bits per heavy atom. The molecule has 1 atom stereocenters. The van der Waals surface area contributed by atoms with Gasteiger partial charge in [0.15, 0.2) is 11.5 Å². The summed E-state index contributed by atoms with van der Waals surface area (Å²) < 4.78 is 16.8. The van der Waals surface area contributed by atoms with Crippen LogP contribution >= 0.6 is 0 Å². The first-order valence-corrected chi connectivity index (χ1v) is 12.5. The molecule has 1 amide bonds. The summed E-state index contributed by atoms with van der Waals surface area (Å²) in [6, 6.07) is 20.9. The second-order valence-electron chi connectivity index (χ2n) is 8.70. The highest BCUT2D eigenvalue weighted by Gasteiger charge is 2.46. The van der Waals surface area contributed by atoms with Gasteiger partial charge in [-0.15, -0.1) is 0 Å². The lowest BCUT2D eigenvalue weighted by Gasteiger charge is -2.26. The van der Waals surface area contributed by atoms with Crippen molar-refractivity contribution in [2.45, 2.75) is 19.4 Å². The van der Waals surface area contributed by atoms with E-state index in [1.807, 2.05) is 37.3 Å². The van der Waals surface area contributed by atoms with Crippen molar-refractivity contribution in [2.75, 3.05) is 26.9 Å². The van der Waals surface area contributed by atoms with Gasteiger partial charge in [-0.2, -0.15) is 0 Å². The largest absolute Gasteiger partial charge is 0.507 e. The quantitative estimate of drug-likeness (QED) is 0.162. The number of hydrogen-bond acceptors (Lipinski definition) is 6. The van der Waals surface area contributed by atoms with Gasteiger partial charge < -0.3 is 24.2 Å². The highest BCUT2D eigenvalue weighted by Crippen LogP contribution is 2.42. The Kier molecular flexibility index (Phi) is 8.48. The van der Waals surface area contributed by atoms with Crippen LogP contribution in [0.4, 0.5) is 0 Å². The molecule has 0 bridgehead atoms. The Morgan fingerprint density at radius 1 is 1.00 bits per heavy atom. The van der Waals surface area contributed by atoms with Crippen LogP contribution in [0.3, 0.4) is 0 Å². The molecule has 1 aliphatic heterocycles. The van der Waals surface area contributed by atoms with Crippen LogP contribution in [0.15, 0.2) is 91.0 Å². The van der Waals surface area contributed by atoms with E-state index in [0.29, 0.717) is 48.0 Å². The van der Waals surface area contributed by atoms with Crippen LogP contribution in [0.25, 0.3) is 5.76 Å². The number of nitrogens with zero attached hydrogens (tertiary/aromatic N) is 1. The Hall–Kier alpha value is -4.52. The van der Waals surface area contributed by atoms with Crippen LogP contribution < -0.4 is 14.2 Å². The fourth-order valence-corrected chi connectivity index (χ4v) is 4.49. The number of aliphatic hydroxyl groups excluding tert-OH is 1. The van der Waals surface area contributed by atoms with Gasteiger partial charge in [0.25, 0.3) is 11.7 Å². The number of likely N-dealkylation sites (tertiary alicyclic amines) is 1. The number of carbonyl (C=O) groups is 2. The lowest BCUT2D eigenvalue weighted by Crippen LogP contribution is -2.31. The van der Waals surface area contributed by atoms with E-state index >= 15 is 0 Å². The van der Waals surface area contributed by atoms with Gasteiger partial charge in [-0.1, -0.05) is 49.1 Å². The van der Waals surface area contributed by atoms with Gasteiger partial charge in [-0.3, -0.25) is 9.59 Å². The molecule has 1 heterocycles. The number of ether oxygens (including phenoxy) is 3. The maximum Gasteiger partial charge on any atom is 0.295 e. The third-order valence-corrected chi connectivity index (χ3v) is 6.33. The molecule has 38 heavy (non-hydrogen) atoms. The van der Waals surface area contributed by atoms with Crippen LogP contribution in [-0.4, -0.2) is 48.6 Å². The van der Waals surface area contributed by atoms with Crippen molar-refractivity contribution < 1.29 is 28.9 Å². The summed E-state index contributed by atoms with van der Waals surface area (Å²) in [6.07, 6.45) is 2.18. The number of ketones is 1. The topological polar surface area (TPSA) is 85.3 Å². The molecular weight excluding hydrogens is 482 g/mol. The molecule has 1 aliphatic rings. The molecule has 7 heteroatoms. The first-order chi connectivity index (χ1) is 18.5. The molecule has 3 aromatic carbocycles. The van der Waals surface area contributed by atoms with Gasteiger partial charge in [-0.05, 0) is 60.9 Å². The molecule has 1 fully saturated rings. The zero-order valence-electron chi connectivity index (χ0n) is 21.6. The minimum Gasteiger partial charge on any atom is -0.507 e. The van der Waals surface area contributed by atoms with Crippen LogP contribution in [0, 0.1) is 0 Å². The van der Waals surface area contributed by atoms with E-state index in [2.05, 4.69) is 6.58 Å². The van der Waals surface area contributed by atoms with Crippen LogP contribution in [0.1, 0.15) is 29.7 Å². The van der Waals surface area contributed by atoms with Crippen molar-refractivity contribution in [1.82, 2.24) is 4.90 Å². The average Bonchev–Trinajstić information content (AvgIpc) is 3.20. The standard InChI is InChI=1S/C31H31NO6/c1-4-19-38-25-16-13-23(20-26(25)37-5-2)28-27(29(33)22-11-14-24(36-3)15-12-22)30(34)31(35)32(28)18-17-21-9-7-6-8-10-21/h4,6-16,20,28,33H,1,5,17-19H2,2-3H3. The monoisotopic (exact) mass is 513 g/mol. The van der Waals surface area contributed by atoms with E-state index in [1.54, 1.807) is 55.7 Å². The maximum absolute atomic E-state index is 13.4. The Bertz CT molecular complexity index is 1330. The third-order valence-electron chi connectivity index (χ3n) is 6.33. The predicted molar refractivity (Wildman–Crippen MR) is 145 cm³/mol. The summed E-state index contributed by atoms with van der Waals surface area (Å²) >= 11 is 0. The highest BCUT2D eigenvalue weighted by atomic mass is 16.5. The van der Waals surface area contributed by atoms with Crippen molar-refractivity contribution in [3.8, 4) is 17.2 Å². The number of aliphatic hydroxyl groups is 1. The van der Waals surface area contributed by atoms with Crippen molar-refractivity contribution in [3.05, 3.63) is 108 Å². The SMILES string of the molecule is C=CCOc1ccc(C2C(=C(O)c3ccc(OC)cc3)C(=O)C(=O)N2CCc2ccccc2)cc1OCC. The summed E-state index contributed by atoms with van der Waals surface area (Å²) in [6.45, 7) is 6.53. The zero-order chi connectivity index (χ0) is 27.1. The normalized spacial score (nSPS) is 16.4. The van der Waals surface area contributed by atoms with Crippen molar-refractivity contribution in [2.24, 2.45) is 0 Å². The molecule has 0 aromatic heterocycles. The lowest BCUT2D eigenvalue weighted by molar-refractivity contribution is -0.139. The smallest absolute Gasteiger partial charge is 0.295 e. The number of Topliss-reactive ketones (excluding diaryl/α,β-unsaturated/α-hetero) is 1. The van der Waals surface area contributed by atoms with Crippen LogP contribution in [0.2, 0.25) is 0 Å². The fourth-order valence-electron chi connectivity index (χ4n) is 4.49. The van der Waals surface area contributed by atoms with E-state index in [1.165, 1.54) is 4.90 Å². The molecule has 1 N–H and O–H groups in total. The minimum atomic E-state index is -0.812. The Balaban J connectivity index is 1.81. The number of carbonyl (C=O) groups excluding carboxylic acids is 2. The fraction of sp³-hybridized carbons (Fsp3) is 0.226. The molecule has 1 saturated heterocycles. The highest BCUT2D eigenvalue weighted by molar-refractivity contribution is 6.46. The van der Waals surface area contributed by atoms with Crippen LogP contribution in [-0.2, 0) is 16.0 Å². The van der Waals surface area contributed by atoms with Crippen LogP contribution in [0.5, 0.6) is 17.2 Å². The molecular formula is C31H31NO6. The first kappa shape index (κ1) is 26.5. The van der Waals surface area contributed by atoms with Gasteiger partial charge >= 0.3 is 0 Å². The summed E-state index contributed by atoms with van der Waals surface area (Å²) in [5.74, 6) is -0.0369. The summed E-state index contributed by atoms with van der Waals surface area (Å²) in [4.78, 5) is 28.2. The van der Waals surface area contributed by atoms with E-state index in [4.69, 9.17) is 14.2 Å². The number of benzene rings is 3. The van der Waals surface area contributed by atoms with Gasteiger partial charge in [0.2, 0.25) is 0 Å². The van der Waals surface area contributed by atoms with Gasteiger partial charge in [0.1, 0.15) is 18.1 Å². The predicted octanol–water partition coefficient (Wildman–Crippen LogP) is 5.32. The third kappa shape index (κ3) is 5.57. The van der Waals surface area contributed by atoms with E-state index in [9.17, 15) is 14.7 Å². The molecule has 1 unspecified atom stereocenters. The summed E-state index contributed by atoms with van der Waals surface area (Å²) in [5, 5.41) is 11.3. The van der Waals surface area contributed by atoms with E-state index in [-0.39, 0.29) is 17.9 Å². The molecule has 0 aliphatic carbocycles. The lowest BCUT2D eigenvalue weighted by atomic mass is 9.94. The Labute approximate surface area is 222 Å². The molecule has 0 spiro atoms. The van der Waals surface area contributed by atoms with Crippen molar-refractivity contribution >= 4 is 17.4 Å². The Morgan fingerprint density at radius 3 is 2.39 bits per heavy atom. The second-order valence-corrected chi connectivity index (χ2v) is 8.70. The van der Waals surface area contributed by atoms with Crippen molar-refractivity contribution in [3.63, 3.8) is 0 Å². The molecule has 4 rings (SSSR count). The summed E-state index contributed by atoms with van der Waals surface area (Å²) in [7, 11) is 1.55. The molecule has 7 nitrogen and oxygen atoms in total. The minimum absolute atomic E-state index is 0.0236. The number of amides is 1.